The number of benzene rings is 1. The molecule has 1 aromatic carbocycles. The molecule has 0 bridgehead atoms. The third kappa shape index (κ3) is 6.93. The molecule has 0 spiro atoms. The second kappa shape index (κ2) is 9.40. The van der Waals surface area contributed by atoms with Crippen LogP contribution in [0.5, 0.6) is 5.75 Å². The molecule has 146 valence electrons. The largest absolute Gasteiger partial charge is 0.573 e. The van der Waals surface area contributed by atoms with Gasteiger partial charge in [0.05, 0.1) is 0 Å². The lowest BCUT2D eigenvalue weighted by Crippen LogP contribution is -2.29. The number of carbonyl (C=O) groups excluding carboxylic acids is 2. The van der Waals surface area contributed by atoms with Crippen molar-refractivity contribution in [3.05, 3.63) is 52.2 Å². The molecule has 0 unspecified atom stereocenters. The van der Waals surface area contributed by atoms with Gasteiger partial charge in [0.2, 0.25) is 5.91 Å². The highest BCUT2D eigenvalue weighted by Crippen LogP contribution is 2.27. The van der Waals surface area contributed by atoms with Crippen LogP contribution in [-0.4, -0.2) is 36.7 Å². The predicted octanol–water partition coefficient (Wildman–Crippen LogP) is 3.82. The molecule has 0 aliphatic rings. The summed E-state index contributed by atoms with van der Waals surface area (Å²) in [7, 11) is 1.51. The monoisotopic (exact) mass is 400 g/mol. The number of ether oxygens (including phenoxy) is 1. The van der Waals surface area contributed by atoms with E-state index in [0.29, 0.717) is 18.5 Å². The number of thiophene rings is 1. The highest BCUT2D eigenvalue weighted by Gasteiger charge is 2.32. The summed E-state index contributed by atoms with van der Waals surface area (Å²) in [6.45, 7) is 0.328. The van der Waals surface area contributed by atoms with Gasteiger partial charge in [-0.3, -0.25) is 9.59 Å². The van der Waals surface area contributed by atoms with Gasteiger partial charge in [-0.1, -0.05) is 18.2 Å². The molecule has 0 fully saturated rings. The number of hydrogen-bond donors (Lipinski definition) is 1. The summed E-state index contributed by atoms with van der Waals surface area (Å²) in [5, 5.41) is 6.25. The molecule has 5 nitrogen and oxygen atoms in total. The summed E-state index contributed by atoms with van der Waals surface area (Å²) in [6.07, 6.45) is -4.19. The molecule has 0 saturated carbocycles. The topological polar surface area (TPSA) is 58.6 Å². The van der Waals surface area contributed by atoms with Gasteiger partial charge in [-0.25, -0.2) is 0 Å². The van der Waals surface area contributed by atoms with Crippen LogP contribution in [0.3, 0.4) is 0 Å². The molecule has 1 aromatic heterocycles. The average Bonchev–Trinajstić information content (AvgIpc) is 3.13. The predicted molar refractivity (Wildman–Crippen MR) is 95.5 cm³/mol. The summed E-state index contributed by atoms with van der Waals surface area (Å²) in [6, 6.07) is 7.41. The maximum Gasteiger partial charge on any atom is 0.573 e. The zero-order valence-electron chi connectivity index (χ0n) is 14.6. The third-order valence-corrected chi connectivity index (χ3v) is 4.35. The Morgan fingerprint density at radius 1 is 1.22 bits per heavy atom. The van der Waals surface area contributed by atoms with Gasteiger partial charge >= 0.3 is 6.36 Å². The van der Waals surface area contributed by atoms with Crippen molar-refractivity contribution in [2.75, 3.05) is 13.6 Å². The summed E-state index contributed by atoms with van der Waals surface area (Å²) in [4.78, 5) is 25.3. The smallest absolute Gasteiger partial charge is 0.405 e. The quantitative estimate of drug-likeness (QED) is 0.686. The minimum Gasteiger partial charge on any atom is -0.405 e. The van der Waals surface area contributed by atoms with Crippen LogP contribution in [0.15, 0.2) is 41.1 Å². The molecule has 27 heavy (non-hydrogen) atoms. The molecule has 1 heterocycles. The first kappa shape index (κ1) is 20.8. The Kier molecular flexibility index (Phi) is 7.23. The van der Waals surface area contributed by atoms with Crippen LogP contribution in [0.4, 0.5) is 13.2 Å². The Labute approximate surface area is 158 Å². The van der Waals surface area contributed by atoms with Crippen molar-refractivity contribution >= 4 is 23.2 Å². The van der Waals surface area contributed by atoms with Gasteiger partial charge in [0.1, 0.15) is 5.75 Å². The van der Waals surface area contributed by atoms with Gasteiger partial charge in [0.25, 0.3) is 5.91 Å². The number of rotatable bonds is 8. The second-order valence-electron chi connectivity index (χ2n) is 5.78. The fourth-order valence-corrected chi connectivity index (χ4v) is 2.97. The third-order valence-electron chi connectivity index (χ3n) is 3.67. The van der Waals surface area contributed by atoms with E-state index >= 15 is 0 Å². The van der Waals surface area contributed by atoms with Crippen LogP contribution >= 0.6 is 11.3 Å². The van der Waals surface area contributed by atoms with E-state index in [-0.39, 0.29) is 36.1 Å². The maximum atomic E-state index is 12.5. The molecule has 0 atom stereocenters. The van der Waals surface area contributed by atoms with E-state index in [2.05, 4.69) is 10.1 Å². The van der Waals surface area contributed by atoms with E-state index in [1.807, 2.05) is 0 Å². The molecule has 0 saturated heterocycles. The lowest BCUT2D eigenvalue weighted by atomic mass is 10.2. The van der Waals surface area contributed by atoms with Gasteiger partial charge in [-0.15, -0.1) is 13.2 Å². The molecule has 1 N–H and O–H groups in total. The average molecular weight is 400 g/mol. The highest BCUT2D eigenvalue weighted by atomic mass is 32.1. The molecule has 2 rings (SSSR count). The molecular formula is C18H19F3N2O3S. The van der Waals surface area contributed by atoms with Gasteiger partial charge in [0.15, 0.2) is 0 Å². The van der Waals surface area contributed by atoms with Crippen LogP contribution in [0.2, 0.25) is 0 Å². The number of hydrogen-bond acceptors (Lipinski definition) is 4. The van der Waals surface area contributed by atoms with E-state index in [1.54, 1.807) is 22.9 Å². The number of carbonyl (C=O) groups is 2. The molecular weight excluding hydrogens is 381 g/mol. The Balaban J connectivity index is 1.79. The number of amides is 2. The molecule has 0 aliphatic carbocycles. The van der Waals surface area contributed by atoms with Crippen LogP contribution in [-0.2, 0) is 11.3 Å². The Morgan fingerprint density at radius 3 is 2.63 bits per heavy atom. The van der Waals surface area contributed by atoms with Crippen molar-refractivity contribution in [2.45, 2.75) is 25.7 Å². The van der Waals surface area contributed by atoms with Gasteiger partial charge < -0.3 is 15.0 Å². The number of alkyl halides is 3. The zero-order chi connectivity index (χ0) is 19.9. The van der Waals surface area contributed by atoms with Crippen molar-refractivity contribution in [3.8, 4) is 5.75 Å². The lowest BCUT2D eigenvalue weighted by molar-refractivity contribution is -0.275. The van der Waals surface area contributed by atoms with Crippen LogP contribution in [0.25, 0.3) is 0 Å². The summed E-state index contributed by atoms with van der Waals surface area (Å²) < 4.78 is 41.3. The fourth-order valence-electron chi connectivity index (χ4n) is 2.33. The molecule has 2 amide bonds. The van der Waals surface area contributed by atoms with E-state index in [9.17, 15) is 22.8 Å². The van der Waals surface area contributed by atoms with Crippen LogP contribution < -0.4 is 10.1 Å². The first-order valence-corrected chi connectivity index (χ1v) is 9.08. The lowest BCUT2D eigenvalue weighted by Gasteiger charge is -2.20. The number of para-hydroxylation sites is 1. The van der Waals surface area contributed by atoms with E-state index in [4.69, 9.17) is 0 Å². The molecule has 2 aromatic rings. The van der Waals surface area contributed by atoms with E-state index in [0.717, 1.165) is 0 Å². The van der Waals surface area contributed by atoms with Crippen molar-refractivity contribution in [1.82, 2.24) is 10.2 Å². The van der Waals surface area contributed by atoms with E-state index in [1.165, 1.54) is 41.5 Å². The fraction of sp³-hybridized carbons (Fsp3) is 0.333. The first-order chi connectivity index (χ1) is 12.8. The summed E-state index contributed by atoms with van der Waals surface area (Å²) >= 11 is 1.42. The van der Waals surface area contributed by atoms with Crippen LogP contribution in [0, 0.1) is 0 Å². The standard InChI is InChI=1S/C18H19F3N2O3S/c1-23(11-13-5-2-3-6-15(13)26-18(19,20)21)16(24)7-4-9-22-17(25)14-8-10-27-12-14/h2-3,5-6,8,10,12H,4,7,9,11H2,1H3,(H,22,25). The maximum absolute atomic E-state index is 12.5. The first-order valence-electron chi connectivity index (χ1n) is 8.14. The minimum atomic E-state index is -4.79. The second-order valence-corrected chi connectivity index (χ2v) is 6.56. The number of halogens is 3. The zero-order valence-corrected chi connectivity index (χ0v) is 15.4. The van der Waals surface area contributed by atoms with Crippen molar-refractivity contribution in [1.29, 1.82) is 0 Å². The highest BCUT2D eigenvalue weighted by molar-refractivity contribution is 7.08. The summed E-state index contributed by atoms with van der Waals surface area (Å²) in [5.74, 6) is -0.760. The number of nitrogens with zero attached hydrogens (tertiary/aromatic N) is 1. The Hall–Kier alpha value is -2.55. The van der Waals surface area contributed by atoms with E-state index < -0.39 is 6.36 Å². The Morgan fingerprint density at radius 2 is 1.96 bits per heavy atom. The van der Waals surface area contributed by atoms with Gasteiger partial charge in [-0.05, 0) is 23.9 Å². The van der Waals surface area contributed by atoms with Crippen LogP contribution in [0.1, 0.15) is 28.8 Å². The van der Waals surface area contributed by atoms with Crippen molar-refractivity contribution in [3.63, 3.8) is 0 Å². The molecule has 0 radical (unpaired) electrons. The molecule has 9 heteroatoms. The minimum absolute atomic E-state index is 0.00759. The number of nitrogens with one attached hydrogen (secondary N) is 1. The SMILES string of the molecule is CN(Cc1ccccc1OC(F)(F)F)C(=O)CCCNC(=O)c1ccsc1. The van der Waals surface area contributed by atoms with Crippen molar-refractivity contribution in [2.24, 2.45) is 0 Å². The Bertz CT molecular complexity index is 763. The normalized spacial score (nSPS) is 11.1. The van der Waals surface area contributed by atoms with Crippen molar-refractivity contribution < 1.29 is 27.5 Å². The van der Waals surface area contributed by atoms with Gasteiger partial charge in [-0.2, -0.15) is 11.3 Å². The van der Waals surface area contributed by atoms with Gasteiger partial charge in [0, 0.05) is 43.1 Å². The molecule has 0 aliphatic heterocycles. The summed E-state index contributed by atoms with van der Waals surface area (Å²) in [5.41, 5.74) is 0.834.